The Bertz CT molecular complexity index is 380. The smallest absolute Gasteiger partial charge is 0.135 e. The highest BCUT2D eigenvalue weighted by atomic mass is 79.9. The molecule has 0 amide bonds. The van der Waals surface area contributed by atoms with Gasteiger partial charge in [0.1, 0.15) is 5.75 Å². The average Bonchev–Trinajstić information content (AvgIpc) is 2.27. The van der Waals surface area contributed by atoms with Gasteiger partial charge in [-0.2, -0.15) is 0 Å². The summed E-state index contributed by atoms with van der Waals surface area (Å²) in [5.41, 5.74) is 1.07. The van der Waals surface area contributed by atoms with Gasteiger partial charge in [-0.1, -0.05) is 20.8 Å². The molecule has 0 fully saturated rings. The van der Waals surface area contributed by atoms with Crippen molar-refractivity contribution in [2.24, 2.45) is 5.92 Å². The summed E-state index contributed by atoms with van der Waals surface area (Å²) in [6.45, 7) is 6.65. The molecular formula is C13H19Br2NO. The lowest BCUT2D eigenvalue weighted by molar-refractivity contribution is 0.412. The largest absolute Gasteiger partial charge is 0.495 e. The minimum absolute atomic E-state index is 0.470. The zero-order valence-corrected chi connectivity index (χ0v) is 13.9. The predicted molar refractivity (Wildman–Crippen MR) is 80.9 cm³/mol. The number of rotatable bonds is 5. The van der Waals surface area contributed by atoms with Gasteiger partial charge >= 0.3 is 0 Å². The summed E-state index contributed by atoms with van der Waals surface area (Å²) in [6, 6.07) is 4.49. The summed E-state index contributed by atoms with van der Waals surface area (Å²) in [6.07, 6.45) is 1.10. The van der Waals surface area contributed by atoms with Gasteiger partial charge in [0.2, 0.25) is 0 Å². The Morgan fingerprint density at radius 3 is 2.35 bits per heavy atom. The second-order valence-electron chi connectivity index (χ2n) is 4.37. The zero-order chi connectivity index (χ0) is 13.0. The van der Waals surface area contributed by atoms with E-state index in [2.05, 4.69) is 57.9 Å². The molecule has 1 atom stereocenters. The normalized spacial score (nSPS) is 12.6. The molecule has 0 bridgehead atoms. The fraction of sp³-hybridized carbons (Fsp3) is 0.538. The molecule has 1 unspecified atom stereocenters. The second kappa shape index (κ2) is 6.64. The van der Waals surface area contributed by atoms with Crippen LogP contribution in [-0.4, -0.2) is 13.2 Å². The molecule has 0 aliphatic carbocycles. The summed E-state index contributed by atoms with van der Waals surface area (Å²) in [5.74, 6) is 1.44. The summed E-state index contributed by atoms with van der Waals surface area (Å²) < 4.78 is 7.31. The van der Waals surface area contributed by atoms with Crippen LogP contribution >= 0.6 is 31.9 Å². The van der Waals surface area contributed by atoms with Crippen LogP contribution in [0.5, 0.6) is 5.75 Å². The first kappa shape index (κ1) is 14.8. The maximum absolute atomic E-state index is 5.31. The van der Waals surface area contributed by atoms with Gasteiger partial charge in [-0.25, -0.2) is 0 Å². The lowest BCUT2D eigenvalue weighted by atomic mass is 10.0. The highest BCUT2D eigenvalue weighted by Gasteiger charge is 2.14. The molecule has 0 aliphatic heterocycles. The number of anilines is 1. The second-order valence-corrected chi connectivity index (χ2v) is 6.08. The van der Waals surface area contributed by atoms with Crippen LogP contribution < -0.4 is 10.1 Å². The molecule has 1 rings (SSSR count). The highest BCUT2D eigenvalue weighted by Crippen LogP contribution is 2.35. The predicted octanol–water partition coefficient (Wildman–Crippen LogP) is 5.07. The van der Waals surface area contributed by atoms with E-state index in [0.717, 1.165) is 26.8 Å². The molecule has 1 aromatic carbocycles. The van der Waals surface area contributed by atoms with Crippen molar-refractivity contribution in [2.75, 3.05) is 12.4 Å². The van der Waals surface area contributed by atoms with Gasteiger partial charge in [0.05, 0.1) is 17.3 Å². The molecule has 1 aromatic rings. The molecule has 0 saturated carbocycles. The van der Waals surface area contributed by atoms with E-state index in [9.17, 15) is 0 Å². The van der Waals surface area contributed by atoms with Crippen LogP contribution in [0, 0.1) is 5.92 Å². The lowest BCUT2D eigenvalue weighted by Crippen LogP contribution is -2.24. The standard InChI is InChI=1S/C13H19Br2NO/c1-5-11(8(2)3)16-12-7-13(17-4)10(15)6-9(12)14/h6-8,11,16H,5H2,1-4H3. The topological polar surface area (TPSA) is 21.3 Å². The van der Waals surface area contributed by atoms with Gasteiger partial charge in [-0.05, 0) is 50.3 Å². The van der Waals surface area contributed by atoms with Crippen LogP contribution in [0.4, 0.5) is 5.69 Å². The van der Waals surface area contributed by atoms with Crippen LogP contribution in [-0.2, 0) is 0 Å². The molecule has 17 heavy (non-hydrogen) atoms. The monoisotopic (exact) mass is 363 g/mol. The molecule has 0 radical (unpaired) electrons. The van der Waals surface area contributed by atoms with Crippen LogP contribution in [0.15, 0.2) is 21.1 Å². The molecule has 0 aromatic heterocycles. The Morgan fingerprint density at radius 1 is 1.24 bits per heavy atom. The van der Waals surface area contributed by atoms with E-state index in [-0.39, 0.29) is 0 Å². The van der Waals surface area contributed by atoms with E-state index < -0.39 is 0 Å². The van der Waals surface area contributed by atoms with Crippen LogP contribution in [0.25, 0.3) is 0 Å². The molecule has 4 heteroatoms. The number of hydrogen-bond acceptors (Lipinski definition) is 2. The number of methoxy groups -OCH3 is 1. The molecule has 0 saturated heterocycles. The van der Waals surface area contributed by atoms with Gasteiger partial charge < -0.3 is 10.1 Å². The fourth-order valence-corrected chi connectivity index (χ4v) is 3.01. The quantitative estimate of drug-likeness (QED) is 0.787. The van der Waals surface area contributed by atoms with E-state index >= 15 is 0 Å². The van der Waals surface area contributed by atoms with Crippen molar-refractivity contribution in [3.05, 3.63) is 21.1 Å². The van der Waals surface area contributed by atoms with Gasteiger partial charge in [0.15, 0.2) is 0 Å². The summed E-state index contributed by atoms with van der Waals surface area (Å²) in [4.78, 5) is 0. The SMILES string of the molecule is CCC(Nc1cc(OC)c(Br)cc1Br)C(C)C. The third-order valence-electron chi connectivity index (χ3n) is 2.83. The van der Waals surface area contributed by atoms with Crippen molar-refractivity contribution in [1.82, 2.24) is 0 Å². The third kappa shape index (κ3) is 3.88. The molecule has 1 N–H and O–H groups in total. The summed E-state index contributed by atoms with van der Waals surface area (Å²) in [7, 11) is 1.68. The van der Waals surface area contributed by atoms with E-state index in [1.54, 1.807) is 7.11 Å². The third-order valence-corrected chi connectivity index (χ3v) is 4.10. The highest BCUT2D eigenvalue weighted by molar-refractivity contribution is 9.11. The molecule has 96 valence electrons. The maximum atomic E-state index is 5.31. The number of hydrogen-bond donors (Lipinski definition) is 1. The van der Waals surface area contributed by atoms with Crippen molar-refractivity contribution < 1.29 is 4.74 Å². The van der Waals surface area contributed by atoms with Crippen molar-refractivity contribution in [3.63, 3.8) is 0 Å². The minimum atomic E-state index is 0.470. The van der Waals surface area contributed by atoms with E-state index in [4.69, 9.17) is 4.74 Å². The van der Waals surface area contributed by atoms with Crippen molar-refractivity contribution in [1.29, 1.82) is 0 Å². The van der Waals surface area contributed by atoms with Gasteiger partial charge in [-0.15, -0.1) is 0 Å². The lowest BCUT2D eigenvalue weighted by Gasteiger charge is -2.23. The van der Waals surface area contributed by atoms with Crippen molar-refractivity contribution >= 4 is 37.5 Å². The Balaban J connectivity index is 2.97. The van der Waals surface area contributed by atoms with Crippen molar-refractivity contribution in [2.45, 2.75) is 33.2 Å². The van der Waals surface area contributed by atoms with Crippen molar-refractivity contribution in [3.8, 4) is 5.75 Å². The number of nitrogens with one attached hydrogen (secondary N) is 1. The first-order valence-corrected chi connectivity index (χ1v) is 7.37. The van der Waals surface area contributed by atoms with Crippen LogP contribution in [0.1, 0.15) is 27.2 Å². The Kier molecular flexibility index (Phi) is 5.80. The Hall–Kier alpha value is -0.220. The number of halogens is 2. The maximum Gasteiger partial charge on any atom is 0.135 e. The number of ether oxygens (including phenoxy) is 1. The molecular weight excluding hydrogens is 346 g/mol. The molecule has 0 spiro atoms. The Labute approximate surface area is 120 Å². The van der Waals surface area contributed by atoms with Crippen LogP contribution in [0.2, 0.25) is 0 Å². The Morgan fingerprint density at radius 2 is 1.88 bits per heavy atom. The zero-order valence-electron chi connectivity index (χ0n) is 10.7. The van der Waals surface area contributed by atoms with Gasteiger partial charge in [-0.3, -0.25) is 0 Å². The minimum Gasteiger partial charge on any atom is -0.495 e. The van der Waals surface area contributed by atoms with Gasteiger partial charge in [0.25, 0.3) is 0 Å². The molecule has 0 aliphatic rings. The first-order valence-electron chi connectivity index (χ1n) is 5.79. The van der Waals surface area contributed by atoms with Crippen LogP contribution in [0.3, 0.4) is 0 Å². The fourth-order valence-electron chi connectivity index (χ4n) is 1.74. The molecule has 0 heterocycles. The van der Waals surface area contributed by atoms with Gasteiger partial charge in [0, 0.05) is 16.6 Å². The summed E-state index contributed by atoms with van der Waals surface area (Å²) >= 11 is 7.04. The average molecular weight is 365 g/mol. The van der Waals surface area contributed by atoms with E-state index in [1.807, 2.05) is 12.1 Å². The van der Waals surface area contributed by atoms with E-state index in [1.165, 1.54) is 0 Å². The van der Waals surface area contributed by atoms with E-state index in [0.29, 0.717) is 12.0 Å². The summed E-state index contributed by atoms with van der Waals surface area (Å²) in [5, 5.41) is 3.55. The molecule has 2 nitrogen and oxygen atoms in total. The first-order chi connectivity index (χ1) is 7.99. The number of benzene rings is 1.